The number of aromatic nitrogens is 3. The molecule has 0 aromatic carbocycles. The van der Waals surface area contributed by atoms with E-state index in [-0.39, 0.29) is 23.4 Å². The van der Waals surface area contributed by atoms with Gasteiger partial charge < -0.3 is 10.4 Å². The normalized spacial score (nSPS) is 11.1. The third kappa shape index (κ3) is 3.13. The Bertz CT molecular complexity index is 913. The summed E-state index contributed by atoms with van der Waals surface area (Å²) in [5.41, 5.74) is 1.19. The van der Waals surface area contributed by atoms with Gasteiger partial charge in [-0.2, -0.15) is 5.10 Å². The maximum atomic E-state index is 12.3. The van der Waals surface area contributed by atoms with E-state index in [1.165, 1.54) is 12.3 Å². The van der Waals surface area contributed by atoms with Crippen molar-refractivity contribution in [2.45, 2.75) is 26.4 Å². The second-order valence-corrected chi connectivity index (χ2v) is 6.74. The summed E-state index contributed by atoms with van der Waals surface area (Å²) in [5, 5.41) is 16.8. The van der Waals surface area contributed by atoms with E-state index in [2.05, 4.69) is 15.4 Å². The minimum absolute atomic E-state index is 0.192. The summed E-state index contributed by atoms with van der Waals surface area (Å²) in [5.74, 6) is -1.22. The molecule has 0 spiro atoms. The molecule has 2 N–H and O–H groups in total. The van der Waals surface area contributed by atoms with Gasteiger partial charge in [0, 0.05) is 22.5 Å². The Labute approximate surface area is 141 Å². The summed E-state index contributed by atoms with van der Waals surface area (Å²) < 4.78 is 1.80. The summed E-state index contributed by atoms with van der Waals surface area (Å²) in [6, 6.07) is 5.17. The molecule has 8 heteroatoms. The predicted octanol–water partition coefficient (Wildman–Crippen LogP) is 2.70. The van der Waals surface area contributed by atoms with Crippen molar-refractivity contribution in [2.24, 2.45) is 0 Å². The highest BCUT2D eigenvalue weighted by Crippen LogP contribution is 2.18. The van der Waals surface area contributed by atoms with E-state index in [1.54, 1.807) is 23.0 Å². The van der Waals surface area contributed by atoms with Crippen molar-refractivity contribution >= 4 is 34.2 Å². The molecule has 0 aliphatic rings. The number of carbonyl (C=O) groups excluding carboxylic acids is 1. The van der Waals surface area contributed by atoms with Gasteiger partial charge >= 0.3 is 5.97 Å². The molecule has 7 nitrogen and oxygen atoms in total. The highest BCUT2D eigenvalue weighted by molar-refractivity contribution is 7.13. The average molecular weight is 344 g/mol. The smallest absolute Gasteiger partial charge is 0.345 e. The number of nitrogens with one attached hydrogen (secondary N) is 1. The van der Waals surface area contributed by atoms with E-state index in [0.29, 0.717) is 5.56 Å². The number of carboxylic acids is 1. The summed E-state index contributed by atoms with van der Waals surface area (Å²) in [6.07, 6.45) is 3.22. The number of amides is 1. The van der Waals surface area contributed by atoms with E-state index >= 15 is 0 Å². The Balaban J connectivity index is 1.72. The monoisotopic (exact) mass is 344 g/mol. The van der Waals surface area contributed by atoms with Gasteiger partial charge in [-0.15, -0.1) is 11.3 Å². The van der Waals surface area contributed by atoms with E-state index in [9.17, 15) is 9.59 Å². The Morgan fingerprint density at radius 3 is 2.79 bits per heavy atom. The van der Waals surface area contributed by atoms with E-state index < -0.39 is 5.97 Å². The average Bonchev–Trinajstić information content (AvgIpc) is 3.18. The van der Waals surface area contributed by atoms with Gasteiger partial charge in [-0.3, -0.25) is 4.79 Å². The lowest BCUT2D eigenvalue weighted by Crippen LogP contribution is -2.22. The van der Waals surface area contributed by atoms with Crippen LogP contribution < -0.4 is 5.32 Å². The minimum atomic E-state index is -0.964. The number of hydrogen-bond donors (Lipinski definition) is 2. The maximum Gasteiger partial charge on any atom is 0.345 e. The molecule has 0 fully saturated rings. The lowest BCUT2D eigenvalue weighted by molar-refractivity contribution is 0.0702. The van der Waals surface area contributed by atoms with Crippen molar-refractivity contribution in [3.05, 3.63) is 45.9 Å². The molecule has 3 heterocycles. The topological polar surface area (TPSA) is 97.1 Å². The first-order valence-corrected chi connectivity index (χ1v) is 8.21. The Morgan fingerprint density at radius 2 is 2.12 bits per heavy atom. The zero-order valence-electron chi connectivity index (χ0n) is 13.2. The number of carbonyl (C=O) groups is 2. The number of hydrogen-bond acceptors (Lipinski definition) is 5. The van der Waals surface area contributed by atoms with Crippen LogP contribution in [0.2, 0.25) is 0 Å². The quantitative estimate of drug-likeness (QED) is 0.742. The van der Waals surface area contributed by atoms with Crippen LogP contribution >= 0.6 is 11.3 Å². The van der Waals surface area contributed by atoms with Crippen LogP contribution in [-0.2, 0) is 6.54 Å². The second kappa shape index (κ2) is 6.40. The van der Waals surface area contributed by atoms with Crippen molar-refractivity contribution in [3.63, 3.8) is 0 Å². The Hall–Kier alpha value is -2.74. The Kier molecular flexibility index (Phi) is 4.30. The fourth-order valence-electron chi connectivity index (χ4n) is 2.30. The Morgan fingerprint density at radius 1 is 1.33 bits per heavy atom. The third-order valence-electron chi connectivity index (χ3n) is 3.48. The van der Waals surface area contributed by atoms with Crippen LogP contribution in [0, 0.1) is 0 Å². The molecule has 0 unspecified atom stereocenters. The van der Waals surface area contributed by atoms with Crippen LogP contribution in [0.5, 0.6) is 0 Å². The molecule has 1 amide bonds. The number of pyridine rings is 1. The molecule has 0 atom stereocenters. The van der Waals surface area contributed by atoms with Crippen LogP contribution in [-0.4, -0.2) is 31.7 Å². The summed E-state index contributed by atoms with van der Waals surface area (Å²) in [6.45, 7) is 4.31. The zero-order valence-corrected chi connectivity index (χ0v) is 14.0. The molecule has 24 heavy (non-hydrogen) atoms. The van der Waals surface area contributed by atoms with Gasteiger partial charge in [0.05, 0.1) is 18.3 Å². The number of thiophene rings is 1. The van der Waals surface area contributed by atoms with E-state index in [4.69, 9.17) is 5.11 Å². The molecule has 124 valence electrons. The zero-order chi connectivity index (χ0) is 17.3. The first-order chi connectivity index (χ1) is 11.5. The number of nitrogens with zero attached hydrogens (tertiary/aromatic N) is 3. The molecule has 0 bridgehead atoms. The fraction of sp³-hybridized carbons (Fsp3) is 0.250. The number of carboxylic acid groups (broad SMARTS) is 1. The molecule has 3 rings (SSSR count). The van der Waals surface area contributed by atoms with E-state index in [1.807, 2.05) is 13.8 Å². The van der Waals surface area contributed by atoms with Crippen molar-refractivity contribution in [1.82, 2.24) is 20.1 Å². The summed E-state index contributed by atoms with van der Waals surface area (Å²) >= 11 is 1.14. The van der Waals surface area contributed by atoms with Crippen LogP contribution in [0.1, 0.15) is 44.8 Å². The number of aromatic carboxylic acids is 1. The predicted molar refractivity (Wildman–Crippen MR) is 90.4 cm³/mol. The van der Waals surface area contributed by atoms with Crippen LogP contribution in [0.25, 0.3) is 11.0 Å². The lowest BCUT2D eigenvalue weighted by Gasteiger charge is -2.07. The van der Waals surface area contributed by atoms with Crippen LogP contribution in [0.4, 0.5) is 0 Å². The van der Waals surface area contributed by atoms with Crippen molar-refractivity contribution in [1.29, 1.82) is 0 Å². The molecule has 3 aromatic rings. The first kappa shape index (κ1) is 16.1. The standard InChI is InChI=1S/C16H16N4O3S/c1-9(2)20-14-10(7-19-20)5-11(6-17-14)15(21)18-8-12-3-4-13(24-12)16(22)23/h3-7,9H,8H2,1-2H3,(H,18,21)(H,22,23). The number of rotatable bonds is 5. The number of fused-ring (bicyclic) bond motifs is 1. The molecule has 0 saturated heterocycles. The molecular weight excluding hydrogens is 328 g/mol. The third-order valence-corrected chi connectivity index (χ3v) is 4.55. The van der Waals surface area contributed by atoms with Gasteiger partial charge in [0.1, 0.15) is 4.88 Å². The first-order valence-electron chi connectivity index (χ1n) is 7.39. The molecule has 0 radical (unpaired) electrons. The summed E-state index contributed by atoms with van der Waals surface area (Å²) in [7, 11) is 0. The maximum absolute atomic E-state index is 12.3. The highest BCUT2D eigenvalue weighted by atomic mass is 32.1. The van der Waals surface area contributed by atoms with Crippen molar-refractivity contribution < 1.29 is 14.7 Å². The van der Waals surface area contributed by atoms with Crippen LogP contribution in [0.15, 0.2) is 30.6 Å². The lowest BCUT2D eigenvalue weighted by atomic mass is 10.2. The van der Waals surface area contributed by atoms with Crippen molar-refractivity contribution in [2.75, 3.05) is 0 Å². The summed E-state index contributed by atoms with van der Waals surface area (Å²) in [4.78, 5) is 28.5. The SMILES string of the molecule is CC(C)n1ncc2cc(C(=O)NCc3ccc(C(=O)O)s3)cnc21. The van der Waals surface area contributed by atoms with Gasteiger partial charge in [0.25, 0.3) is 5.91 Å². The molecule has 3 aromatic heterocycles. The molecular formula is C16H16N4O3S. The minimum Gasteiger partial charge on any atom is -0.477 e. The van der Waals surface area contributed by atoms with E-state index in [0.717, 1.165) is 27.2 Å². The van der Waals surface area contributed by atoms with Gasteiger partial charge in [-0.25, -0.2) is 14.5 Å². The van der Waals surface area contributed by atoms with Crippen molar-refractivity contribution in [3.8, 4) is 0 Å². The largest absolute Gasteiger partial charge is 0.477 e. The van der Waals surface area contributed by atoms with Gasteiger partial charge in [-0.1, -0.05) is 0 Å². The molecule has 0 aliphatic heterocycles. The highest BCUT2D eigenvalue weighted by Gasteiger charge is 2.12. The fourth-order valence-corrected chi connectivity index (χ4v) is 3.09. The molecule has 0 aliphatic carbocycles. The van der Waals surface area contributed by atoms with Gasteiger partial charge in [0.15, 0.2) is 5.65 Å². The molecule has 0 saturated carbocycles. The van der Waals surface area contributed by atoms with Crippen LogP contribution in [0.3, 0.4) is 0 Å². The van der Waals surface area contributed by atoms with Gasteiger partial charge in [-0.05, 0) is 32.0 Å². The van der Waals surface area contributed by atoms with Gasteiger partial charge in [0.2, 0.25) is 0 Å². The second-order valence-electron chi connectivity index (χ2n) is 5.57.